The van der Waals surface area contributed by atoms with Gasteiger partial charge in [-0.1, -0.05) is 0 Å². The minimum atomic E-state index is -0.726. The lowest BCUT2D eigenvalue weighted by atomic mass is 10.0. The van der Waals surface area contributed by atoms with E-state index in [1.807, 2.05) is 4.90 Å². The van der Waals surface area contributed by atoms with Gasteiger partial charge in [-0.2, -0.15) is 0 Å². The number of nitrogens with zero attached hydrogens (tertiary/aromatic N) is 1. The van der Waals surface area contributed by atoms with Gasteiger partial charge in [0.2, 0.25) is 0 Å². The number of rotatable bonds is 2. The van der Waals surface area contributed by atoms with E-state index in [1.165, 1.54) is 0 Å². The molecule has 0 saturated carbocycles. The van der Waals surface area contributed by atoms with Gasteiger partial charge in [0.25, 0.3) is 0 Å². The molecule has 4 heteroatoms. The van der Waals surface area contributed by atoms with Crippen molar-refractivity contribution in [3.63, 3.8) is 0 Å². The van der Waals surface area contributed by atoms with Gasteiger partial charge in [0.05, 0.1) is 19.8 Å². The van der Waals surface area contributed by atoms with Crippen LogP contribution in [0.5, 0.6) is 0 Å². The highest BCUT2D eigenvalue weighted by Gasteiger charge is 2.37. The van der Waals surface area contributed by atoms with Crippen LogP contribution in [-0.2, 0) is 9.53 Å². The maximum Gasteiger partial charge on any atom is 0.317 e. The molecule has 2 aliphatic heterocycles. The van der Waals surface area contributed by atoms with Gasteiger partial charge in [-0.3, -0.25) is 9.69 Å². The Morgan fingerprint density at radius 3 is 2.50 bits per heavy atom. The Labute approximate surface area is 71.1 Å². The molecule has 0 aromatic rings. The van der Waals surface area contributed by atoms with Gasteiger partial charge in [-0.15, -0.1) is 0 Å². The minimum Gasteiger partial charge on any atom is -0.480 e. The summed E-state index contributed by atoms with van der Waals surface area (Å²) in [4.78, 5) is 12.4. The standard InChI is InChI=1S/C8H13NO3/c10-8(11)3-9-1-6-4-12-5-7(6)2-9/h6-7H,1-5H2,(H,10,11)/t6-,7-/m1/s1. The van der Waals surface area contributed by atoms with E-state index in [9.17, 15) is 4.79 Å². The average molecular weight is 171 g/mol. The van der Waals surface area contributed by atoms with E-state index >= 15 is 0 Å². The maximum atomic E-state index is 10.4. The molecule has 0 aliphatic carbocycles. The second kappa shape index (κ2) is 3.03. The van der Waals surface area contributed by atoms with Crippen molar-refractivity contribution >= 4 is 5.97 Å². The summed E-state index contributed by atoms with van der Waals surface area (Å²) in [6.07, 6.45) is 0. The van der Waals surface area contributed by atoms with Gasteiger partial charge in [0.15, 0.2) is 0 Å². The third-order valence-corrected chi connectivity index (χ3v) is 2.67. The lowest BCUT2D eigenvalue weighted by Gasteiger charge is -2.12. The highest BCUT2D eigenvalue weighted by Crippen LogP contribution is 2.28. The third-order valence-electron chi connectivity index (χ3n) is 2.67. The number of carboxylic acids is 1. The van der Waals surface area contributed by atoms with Crippen molar-refractivity contribution in [3.8, 4) is 0 Å². The van der Waals surface area contributed by atoms with Crippen molar-refractivity contribution in [1.82, 2.24) is 4.90 Å². The molecular formula is C8H13NO3. The molecule has 2 aliphatic rings. The summed E-state index contributed by atoms with van der Waals surface area (Å²) >= 11 is 0. The molecule has 0 amide bonds. The van der Waals surface area contributed by atoms with Crippen LogP contribution in [0, 0.1) is 11.8 Å². The molecule has 1 N–H and O–H groups in total. The van der Waals surface area contributed by atoms with Gasteiger partial charge in [0, 0.05) is 24.9 Å². The van der Waals surface area contributed by atoms with Crippen LogP contribution in [-0.4, -0.2) is 48.8 Å². The molecule has 2 atom stereocenters. The zero-order chi connectivity index (χ0) is 8.55. The molecule has 68 valence electrons. The van der Waals surface area contributed by atoms with Crippen molar-refractivity contribution in [2.45, 2.75) is 0 Å². The second-order valence-corrected chi connectivity index (χ2v) is 3.65. The minimum absolute atomic E-state index is 0.188. The molecule has 2 saturated heterocycles. The summed E-state index contributed by atoms with van der Waals surface area (Å²) in [5.41, 5.74) is 0. The van der Waals surface area contributed by atoms with Crippen LogP contribution < -0.4 is 0 Å². The fourth-order valence-electron chi connectivity index (χ4n) is 2.10. The maximum absolute atomic E-state index is 10.4. The van der Waals surface area contributed by atoms with E-state index in [0.717, 1.165) is 26.3 Å². The van der Waals surface area contributed by atoms with Gasteiger partial charge in [0.1, 0.15) is 0 Å². The second-order valence-electron chi connectivity index (χ2n) is 3.65. The average Bonchev–Trinajstić information content (AvgIpc) is 2.43. The van der Waals surface area contributed by atoms with E-state index in [0.29, 0.717) is 11.8 Å². The number of hydrogen-bond donors (Lipinski definition) is 1. The number of likely N-dealkylation sites (tertiary alicyclic amines) is 1. The number of ether oxygens (including phenoxy) is 1. The zero-order valence-electron chi connectivity index (χ0n) is 6.90. The van der Waals surface area contributed by atoms with E-state index in [4.69, 9.17) is 9.84 Å². The Bertz CT molecular complexity index is 183. The Morgan fingerprint density at radius 2 is 2.00 bits per heavy atom. The van der Waals surface area contributed by atoms with Crippen LogP contribution in [0.2, 0.25) is 0 Å². The number of hydrogen-bond acceptors (Lipinski definition) is 3. The summed E-state index contributed by atoms with van der Waals surface area (Å²) in [6, 6.07) is 0. The first-order valence-electron chi connectivity index (χ1n) is 4.27. The van der Waals surface area contributed by atoms with Crippen molar-refractivity contribution in [2.75, 3.05) is 32.8 Å². The van der Waals surface area contributed by atoms with Gasteiger partial charge in [-0.25, -0.2) is 0 Å². The molecule has 2 fully saturated rings. The quantitative estimate of drug-likeness (QED) is 0.617. The van der Waals surface area contributed by atoms with Crippen molar-refractivity contribution in [3.05, 3.63) is 0 Å². The Hall–Kier alpha value is -0.610. The van der Waals surface area contributed by atoms with E-state index in [1.54, 1.807) is 0 Å². The predicted octanol–water partition coefficient (Wildman–Crippen LogP) is -0.351. The first kappa shape index (κ1) is 8.01. The largest absolute Gasteiger partial charge is 0.480 e. The molecule has 0 bridgehead atoms. The molecule has 0 aromatic carbocycles. The van der Waals surface area contributed by atoms with Crippen molar-refractivity contribution < 1.29 is 14.6 Å². The monoisotopic (exact) mass is 171 g/mol. The van der Waals surface area contributed by atoms with Crippen LogP contribution in [0.3, 0.4) is 0 Å². The van der Waals surface area contributed by atoms with E-state index in [2.05, 4.69) is 0 Å². The van der Waals surface area contributed by atoms with Crippen LogP contribution in [0.25, 0.3) is 0 Å². The smallest absolute Gasteiger partial charge is 0.317 e. The Kier molecular flexibility index (Phi) is 2.02. The van der Waals surface area contributed by atoms with Gasteiger partial charge < -0.3 is 9.84 Å². The summed E-state index contributed by atoms with van der Waals surface area (Å²) in [5, 5.41) is 8.56. The molecule has 0 radical (unpaired) electrons. The summed E-state index contributed by atoms with van der Waals surface area (Å²) in [6.45, 7) is 3.63. The molecule has 4 nitrogen and oxygen atoms in total. The lowest BCUT2D eigenvalue weighted by molar-refractivity contribution is -0.138. The number of carbonyl (C=O) groups is 1. The Morgan fingerprint density at radius 1 is 1.42 bits per heavy atom. The normalized spacial score (nSPS) is 35.3. The fraction of sp³-hybridized carbons (Fsp3) is 0.875. The molecular weight excluding hydrogens is 158 g/mol. The van der Waals surface area contributed by atoms with Crippen LogP contribution in [0.1, 0.15) is 0 Å². The number of aliphatic carboxylic acids is 1. The van der Waals surface area contributed by atoms with Crippen LogP contribution >= 0.6 is 0 Å². The van der Waals surface area contributed by atoms with Crippen molar-refractivity contribution in [2.24, 2.45) is 11.8 Å². The summed E-state index contributed by atoms with van der Waals surface area (Å²) in [5.74, 6) is 0.449. The summed E-state index contributed by atoms with van der Waals surface area (Å²) < 4.78 is 5.29. The molecule has 12 heavy (non-hydrogen) atoms. The third kappa shape index (κ3) is 1.44. The molecule has 0 unspecified atom stereocenters. The fourth-order valence-corrected chi connectivity index (χ4v) is 2.10. The topological polar surface area (TPSA) is 49.8 Å². The molecule has 2 rings (SSSR count). The van der Waals surface area contributed by atoms with Crippen LogP contribution in [0.15, 0.2) is 0 Å². The molecule has 0 aromatic heterocycles. The van der Waals surface area contributed by atoms with E-state index < -0.39 is 5.97 Å². The zero-order valence-corrected chi connectivity index (χ0v) is 6.90. The highest BCUT2D eigenvalue weighted by molar-refractivity contribution is 5.69. The highest BCUT2D eigenvalue weighted by atomic mass is 16.5. The number of carboxylic acid groups (broad SMARTS) is 1. The predicted molar refractivity (Wildman–Crippen MR) is 41.9 cm³/mol. The molecule has 0 spiro atoms. The van der Waals surface area contributed by atoms with Crippen molar-refractivity contribution in [1.29, 1.82) is 0 Å². The number of fused-ring (bicyclic) bond motifs is 1. The lowest BCUT2D eigenvalue weighted by Crippen LogP contribution is -2.28. The molecule has 2 heterocycles. The van der Waals surface area contributed by atoms with Gasteiger partial charge in [-0.05, 0) is 0 Å². The SMILES string of the molecule is O=C(O)CN1C[C@@H]2COC[C@H]2C1. The first-order valence-corrected chi connectivity index (χ1v) is 4.27. The van der Waals surface area contributed by atoms with E-state index in [-0.39, 0.29) is 6.54 Å². The Balaban J connectivity index is 1.86. The van der Waals surface area contributed by atoms with Gasteiger partial charge >= 0.3 is 5.97 Å². The van der Waals surface area contributed by atoms with Crippen LogP contribution in [0.4, 0.5) is 0 Å². The first-order chi connectivity index (χ1) is 5.75. The summed E-state index contributed by atoms with van der Waals surface area (Å²) in [7, 11) is 0.